The molecule has 0 amide bonds. The third-order valence-electron chi connectivity index (χ3n) is 2.00. The molecule has 0 radical (unpaired) electrons. The van der Waals surface area contributed by atoms with Gasteiger partial charge in [0.25, 0.3) is 0 Å². The molecule has 1 rings (SSSR count). The van der Waals surface area contributed by atoms with Gasteiger partial charge >= 0.3 is 5.97 Å². The Hall–Kier alpha value is -0.610. The number of carbonyl (C=O) groups is 1. The summed E-state index contributed by atoms with van der Waals surface area (Å²) in [5.41, 5.74) is -0.839. The van der Waals surface area contributed by atoms with Gasteiger partial charge in [0.05, 0.1) is 6.61 Å². The number of nitrogens with one attached hydrogen (secondary N) is 1. The summed E-state index contributed by atoms with van der Waals surface area (Å²) in [4.78, 5) is 10.9. The average molecular weight is 173 g/mol. The van der Waals surface area contributed by atoms with Crippen LogP contribution in [-0.4, -0.2) is 35.9 Å². The van der Waals surface area contributed by atoms with Gasteiger partial charge in [0.15, 0.2) is 0 Å². The molecule has 0 bridgehead atoms. The molecule has 1 fully saturated rings. The Balaban J connectivity index is 2.65. The van der Waals surface area contributed by atoms with Crippen molar-refractivity contribution in [1.82, 2.24) is 5.32 Å². The maximum Gasteiger partial charge on any atom is 0.326 e. The summed E-state index contributed by atoms with van der Waals surface area (Å²) in [5, 5.41) is 12.0. The fourth-order valence-corrected chi connectivity index (χ4v) is 1.46. The van der Waals surface area contributed by atoms with Crippen LogP contribution in [0.25, 0.3) is 0 Å². The minimum atomic E-state index is -0.839. The first-order valence-corrected chi connectivity index (χ1v) is 4.16. The van der Waals surface area contributed by atoms with E-state index >= 15 is 0 Å². The fraction of sp³-hybridized carbons (Fsp3) is 0.875. The van der Waals surface area contributed by atoms with E-state index in [2.05, 4.69) is 5.32 Å². The molecule has 1 unspecified atom stereocenters. The van der Waals surface area contributed by atoms with Gasteiger partial charge in [-0.05, 0) is 13.8 Å². The van der Waals surface area contributed by atoms with Crippen LogP contribution < -0.4 is 5.32 Å². The molecule has 0 aromatic rings. The van der Waals surface area contributed by atoms with Crippen LogP contribution in [0.5, 0.6) is 0 Å². The number of carboxylic acid groups (broad SMARTS) is 1. The highest BCUT2D eigenvalue weighted by molar-refractivity contribution is 5.79. The van der Waals surface area contributed by atoms with Gasteiger partial charge in [-0.2, -0.15) is 0 Å². The molecule has 0 aromatic heterocycles. The number of hydrogen-bond acceptors (Lipinski definition) is 3. The lowest BCUT2D eigenvalue weighted by atomic mass is 9.98. The van der Waals surface area contributed by atoms with Crippen LogP contribution in [0.15, 0.2) is 0 Å². The summed E-state index contributed by atoms with van der Waals surface area (Å²) in [5.74, 6) is -0.811. The highest BCUT2D eigenvalue weighted by Gasteiger charge is 2.42. The number of ether oxygens (including phenoxy) is 1. The Bertz CT molecular complexity index is 173. The van der Waals surface area contributed by atoms with Crippen molar-refractivity contribution in [3.8, 4) is 0 Å². The lowest BCUT2D eigenvalue weighted by Crippen LogP contribution is -2.55. The maximum atomic E-state index is 10.9. The van der Waals surface area contributed by atoms with Crippen molar-refractivity contribution in [2.24, 2.45) is 0 Å². The van der Waals surface area contributed by atoms with E-state index in [1.54, 1.807) is 0 Å². The number of hydrogen-bond donors (Lipinski definition) is 2. The SMILES string of the molecule is CC(C)NC1(C(=O)O)CCOC1. The van der Waals surface area contributed by atoms with E-state index in [9.17, 15) is 4.79 Å². The van der Waals surface area contributed by atoms with Gasteiger partial charge < -0.3 is 9.84 Å². The predicted molar refractivity (Wildman–Crippen MR) is 44.1 cm³/mol. The van der Waals surface area contributed by atoms with Crippen LogP contribution in [0.4, 0.5) is 0 Å². The molecule has 0 aromatic carbocycles. The van der Waals surface area contributed by atoms with Gasteiger partial charge in [-0.3, -0.25) is 10.1 Å². The first-order valence-electron chi connectivity index (χ1n) is 4.16. The third kappa shape index (κ3) is 1.76. The van der Waals surface area contributed by atoms with E-state index in [-0.39, 0.29) is 12.6 Å². The van der Waals surface area contributed by atoms with Crippen LogP contribution in [0, 0.1) is 0 Å². The molecule has 1 saturated heterocycles. The number of carboxylic acids is 1. The lowest BCUT2D eigenvalue weighted by molar-refractivity contribution is -0.145. The van der Waals surface area contributed by atoms with Crippen molar-refractivity contribution in [3.05, 3.63) is 0 Å². The van der Waals surface area contributed by atoms with E-state index < -0.39 is 11.5 Å². The highest BCUT2D eigenvalue weighted by Crippen LogP contribution is 2.19. The summed E-state index contributed by atoms with van der Waals surface area (Å²) in [6, 6.07) is 0.169. The van der Waals surface area contributed by atoms with Gasteiger partial charge in [-0.25, -0.2) is 0 Å². The summed E-state index contributed by atoms with van der Waals surface area (Å²) in [7, 11) is 0. The van der Waals surface area contributed by atoms with Crippen molar-refractivity contribution in [3.63, 3.8) is 0 Å². The van der Waals surface area contributed by atoms with Crippen LogP contribution in [0.1, 0.15) is 20.3 Å². The molecule has 4 heteroatoms. The van der Waals surface area contributed by atoms with E-state index in [0.29, 0.717) is 13.0 Å². The summed E-state index contributed by atoms with van der Waals surface area (Å²) in [6.45, 7) is 4.68. The van der Waals surface area contributed by atoms with Crippen molar-refractivity contribution in [1.29, 1.82) is 0 Å². The second-order valence-corrected chi connectivity index (χ2v) is 3.49. The largest absolute Gasteiger partial charge is 0.480 e. The minimum Gasteiger partial charge on any atom is -0.480 e. The van der Waals surface area contributed by atoms with Crippen molar-refractivity contribution in [2.75, 3.05) is 13.2 Å². The standard InChI is InChI=1S/C8H15NO3/c1-6(2)9-8(7(10)11)3-4-12-5-8/h6,9H,3-5H2,1-2H3,(H,10,11). The molecule has 1 atom stereocenters. The van der Waals surface area contributed by atoms with Crippen molar-refractivity contribution in [2.45, 2.75) is 31.8 Å². The monoisotopic (exact) mass is 173 g/mol. The molecular weight excluding hydrogens is 158 g/mol. The quantitative estimate of drug-likeness (QED) is 0.641. The summed E-state index contributed by atoms with van der Waals surface area (Å²) < 4.78 is 5.08. The number of rotatable bonds is 3. The second-order valence-electron chi connectivity index (χ2n) is 3.49. The highest BCUT2D eigenvalue weighted by atomic mass is 16.5. The smallest absolute Gasteiger partial charge is 0.326 e. The van der Waals surface area contributed by atoms with Crippen LogP contribution in [0.3, 0.4) is 0 Å². The van der Waals surface area contributed by atoms with E-state index in [1.165, 1.54) is 0 Å². The van der Waals surface area contributed by atoms with Gasteiger partial charge in [-0.15, -0.1) is 0 Å². The molecule has 1 heterocycles. The predicted octanol–water partition coefficient (Wildman–Crippen LogP) is 0.228. The molecule has 0 aliphatic carbocycles. The summed E-state index contributed by atoms with van der Waals surface area (Å²) in [6.07, 6.45) is 0.556. The van der Waals surface area contributed by atoms with Crippen molar-refractivity contribution >= 4 is 5.97 Å². The molecule has 1 aliphatic heterocycles. The zero-order valence-electron chi connectivity index (χ0n) is 7.46. The Morgan fingerprint density at radius 3 is 2.67 bits per heavy atom. The Morgan fingerprint density at radius 1 is 1.67 bits per heavy atom. The molecule has 2 N–H and O–H groups in total. The normalized spacial score (nSPS) is 29.6. The molecule has 12 heavy (non-hydrogen) atoms. The van der Waals surface area contributed by atoms with Gasteiger partial charge in [0.1, 0.15) is 5.54 Å². The fourth-order valence-electron chi connectivity index (χ4n) is 1.46. The zero-order valence-corrected chi connectivity index (χ0v) is 7.46. The molecule has 70 valence electrons. The molecule has 4 nitrogen and oxygen atoms in total. The first-order chi connectivity index (χ1) is 5.57. The topological polar surface area (TPSA) is 58.6 Å². The third-order valence-corrected chi connectivity index (χ3v) is 2.00. The van der Waals surface area contributed by atoms with E-state index in [4.69, 9.17) is 9.84 Å². The summed E-state index contributed by atoms with van der Waals surface area (Å²) >= 11 is 0. The van der Waals surface area contributed by atoms with E-state index in [0.717, 1.165) is 0 Å². The Labute approximate surface area is 71.9 Å². The van der Waals surface area contributed by atoms with Gasteiger partial charge in [0.2, 0.25) is 0 Å². The molecule has 0 saturated carbocycles. The van der Waals surface area contributed by atoms with Crippen LogP contribution in [0.2, 0.25) is 0 Å². The second kappa shape index (κ2) is 3.41. The molecular formula is C8H15NO3. The Morgan fingerprint density at radius 2 is 2.33 bits per heavy atom. The first kappa shape index (κ1) is 9.48. The molecule has 1 aliphatic rings. The van der Waals surface area contributed by atoms with Gasteiger partial charge in [0, 0.05) is 19.1 Å². The number of aliphatic carboxylic acids is 1. The maximum absolute atomic E-state index is 10.9. The zero-order chi connectivity index (χ0) is 9.19. The lowest BCUT2D eigenvalue weighted by Gasteiger charge is -2.26. The van der Waals surface area contributed by atoms with Gasteiger partial charge in [-0.1, -0.05) is 0 Å². The van der Waals surface area contributed by atoms with Crippen LogP contribution >= 0.6 is 0 Å². The Kier molecular flexibility index (Phi) is 2.69. The minimum absolute atomic E-state index is 0.169. The van der Waals surface area contributed by atoms with Crippen molar-refractivity contribution < 1.29 is 14.6 Å². The van der Waals surface area contributed by atoms with E-state index in [1.807, 2.05) is 13.8 Å². The molecule has 0 spiro atoms. The van der Waals surface area contributed by atoms with Crippen LogP contribution in [-0.2, 0) is 9.53 Å². The average Bonchev–Trinajstić information content (AvgIpc) is 2.35.